The first kappa shape index (κ1) is 26.8. The summed E-state index contributed by atoms with van der Waals surface area (Å²) in [5, 5.41) is 9.03. The van der Waals surface area contributed by atoms with Crippen molar-refractivity contribution in [2.45, 2.75) is 64.2 Å². The third kappa shape index (κ3) is 6.95. The van der Waals surface area contributed by atoms with E-state index in [0.29, 0.717) is 30.1 Å². The second-order valence-corrected chi connectivity index (χ2v) is 10.1. The molecule has 0 atom stereocenters. The van der Waals surface area contributed by atoms with Crippen LogP contribution in [0.4, 0.5) is 4.39 Å². The zero-order chi connectivity index (χ0) is 26.2. The standard InChI is InChI=1S/C33H37FO3/c1-23(2)33(36)37-20-18-29-21-27(14-16-30(29)25-8-4-3-5-9-25)28-15-17-31(32(34)22-28)26-12-10-24(11-13-26)7-6-19-35/h10-17,21-22,25,35H,1,3-9,18-20H2,2H3. The monoisotopic (exact) mass is 500 g/mol. The Kier molecular flexibility index (Phi) is 9.29. The summed E-state index contributed by atoms with van der Waals surface area (Å²) in [6.07, 6.45) is 8.29. The fourth-order valence-electron chi connectivity index (χ4n) is 5.25. The Labute approximate surface area is 220 Å². The van der Waals surface area contributed by atoms with Gasteiger partial charge in [-0.15, -0.1) is 0 Å². The highest BCUT2D eigenvalue weighted by Gasteiger charge is 2.19. The van der Waals surface area contributed by atoms with Gasteiger partial charge in [-0.3, -0.25) is 0 Å². The van der Waals surface area contributed by atoms with E-state index in [9.17, 15) is 4.79 Å². The average molecular weight is 501 g/mol. The lowest BCUT2D eigenvalue weighted by molar-refractivity contribution is -0.138. The van der Waals surface area contributed by atoms with Crippen LogP contribution in [0.25, 0.3) is 22.3 Å². The van der Waals surface area contributed by atoms with Crippen LogP contribution in [0.5, 0.6) is 0 Å². The van der Waals surface area contributed by atoms with Gasteiger partial charge in [-0.1, -0.05) is 80.4 Å². The van der Waals surface area contributed by atoms with Crippen molar-refractivity contribution in [3.8, 4) is 22.3 Å². The largest absolute Gasteiger partial charge is 0.462 e. The van der Waals surface area contributed by atoms with E-state index in [2.05, 4.69) is 24.8 Å². The molecule has 0 saturated heterocycles. The summed E-state index contributed by atoms with van der Waals surface area (Å²) in [7, 11) is 0. The van der Waals surface area contributed by atoms with Crippen molar-refractivity contribution in [1.29, 1.82) is 0 Å². The molecule has 0 amide bonds. The van der Waals surface area contributed by atoms with Crippen LogP contribution < -0.4 is 0 Å². The summed E-state index contributed by atoms with van der Waals surface area (Å²) in [5.74, 6) is -0.0996. The molecule has 1 fully saturated rings. The molecular formula is C33H37FO3. The van der Waals surface area contributed by atoms with Gasteiger partial charge in [0.1, 0.15) is 5.82 Å². The Bertz CT molecular complexity index is 1220. The smallest absolute Gasteiger partial charge is 0.333 e. The van der Waals surface area contributed by atoms with E-state index in [1.807, 2.05) is 36.4 Å². The molecule has 1 aliphatic rings. The first-order valence-corrected chi connectivity index (χ1v) is 13.4. The summed E-state index contributed by atoms with van der Waals surface area (Å²) in [6.45, 7) is 5.78. The van der Waals surface area contributed by atoms with Gasteiger partial charge in [0.25, 0.3) is 0 Å². The van der Waals surface area contributed by atoms with Gasteiger partial charge in [0.2, 0.25) is 0 Å². The molecule has 1 N–H and O–H groups in total. The van der Waals surface area contributed by atoms with E-state index in [4.69, 9.17) is 9.84 Å². The lowest BCUT2D eigenvalue weighted by Crippen LogP contribution is -2.12. The summed E-state index contributed by atoms with van der Waals surface area (Å²) in [4.78, 5) is 11.9. The Morgan fingerprint density at radius 3 is 2.30 bits per heavy atom. The Hall–Kier alpha value is -3.24. The molecule has 0 bridgehead atoms. The third-order valence-corrected chi connectivity index (χ3v) is 7.33. The number of esters is 1. The van der Waals surface area contributed by atoms with Crippen LogP contribution in [0.15, 0.2) is 72.8 Å². The molecule has 3 aromatic rings. The first-order chi connectivity index (χ1) is 18.0. The highest BCUT2D eigenvalue weighted by Crippen LogP contribution is 2.37. The van der Waals surface area contributed by atoms with Gasteiger partial charge in [-0.05, 0) is 78.0 Å². The molecule has 194 valence electrons. The van der Waals surface area contributed by atoms with Crippen molar-refractivity contribution in [1.82, 2.24) is 0 Å². The summed E-state index contributed by atoms with van der Waals surface area (Å²) in [5.41, 5.74) is 7.23. The number of halogens is 1. The quantitative estimate of drug-likeness (QED) is 0.228. The number of carbonyl (C=O) groups is 1. The van der Waals surface area contributed by atoms with Crippen LogP contribution >= 0.6 is 0 Å². The first-order valence-electron chi connectivity index (χ1n) is 13.4. The number of carbonyl (C=O) groups excluding carboxylic acids is 1. The summed E-state index contributed by atoms with van der Waals surface area (Å²) < 4.78 is 20.7. The zero-order valence-corrected chi connectivity index (χ0v) is 21.8. The van der Waals surface area contributed by atoms with Crippen molar-refractivity contribution in [2.24, 2.45) is 0 Å². The predicted molar refractivity (Wildman–Crippen MR) is 148 cm³/mol. The van der Waals surface area contributed by atoms with E-state index in [0.717, 1.165) is 35.1 Å². The summed E-state index contributed by atoms with van der Waals surface area (Å²) >= 11 is 0. The zero-order valence-electron chi connectivity index (χ0n) is 21.8. The topological polar surface area (TPSA) is 46.5 Å². The molecule has 3 nitrogen and oxygen atoms in total. The van der Waals surface area contributed by atoms with Gasteiger partial charge in [-0.25, -0.2) is 9.18 Å². The Morgan fingerprint density at radius 2 is 1.62 bits per heavy atom. The maximum absolute atomic E-state index is 15.3. The molecule has 4 heteroatoms. The second kappa shape index (κ2) is 12.8. The van der Waals surface area contributed by atoms with Gasteiger partial charge in [0.15, 0.2) is 0 Å². The number of ether oxygens (including phenoxy) is 1. The molecule has 3 aromatic carbocycles. The third-order valence-electron chi connectivity index (χ3n) is 7.33. The molecule has 0 radical (unpaired) electrons. The molecule has 0 spiro atoms. The van der Waals surface area contributed by atoms with E-state index < -0.39 is 0 Å². The van der Waals surface area contributed by atoms with Gasteiger partial charge >= 0.3 is 5.97 Å². The normalized spacial score (nSPS) is 13.9. The van der Waals surface area contributed by atoms with Crippen LogP contribution in [0.2, 0.25) is 0 Å². The lowest BCUT2D eigenvalue weighted by atomic mass is 9.81. The highest BCUT2D eigenvalue weighted by atomic mass is 19.1. The minimum atomic E-state index is -0.366. The number of hydrogen-bond donors (Lipinski definition) is 1. The SMILES string of the molecule is C=C(C)C(=O)OCCc1cc(-c2ccc(-c3ccc(CCCO)cc3)c(F)c2)ccc1C1CCCCC1. The predicted octanol–water partition coefficient (Wildman–Crippen LogP) is 7.79. The van der Waals surface area contributed by atoms with E-state index in [1.165, 1.54) is 43.2 Å². The number of aryl methyl sites for hydroxylation is 1. The van der Waals surface area contributed by atoms with Crippen LogP contribution in [0, 0.1) is 5.82 Å². The number of benzene rings is 3. The minimum Gasteiger partial charge on any atom is -0.462 e. The number of rotatable bonds is 10. The Morgan fingerprint density at radius 1 is 0.946 bits per heavy atom. The minimum absolute atomic E-state index is 0.167. The summed E-state index contributed by atoms with van der Waals surface area (Å²) in [6, 6.07) is 19.7. The fraction of sp³-hybridized carbons (Fsp3) is 0.364. The van der Waals surface area contributed by atoms with Crippen molar-refractivity contribution < 1.29 is 19.0 Å². The lowest BCUT2D eigenvalue weighted by Gasteiger charge is -2.25. The second-order valence-electron chi connectivity index (χ2n) is 10.1. The number of hydrogen-bond acceptors (Lipinski definition) is 3. The molecular weight excluding hydrogens is 463 g/mol. The van der Waals surface area contributed by atoms with Gasteiger partial charge < -0.3 is 9.84 Å². The molecule has 1 aliphatic carbocycles. The highest BCUT2D eigenvalue weighted by molar-refractivity contribution is 5.86. The molecule has 1 saturated carbocycles. The van der Waals surface area contributed by atoms with Gasteiger partial charge in [0, 0.05) is 24.2 Å². The fourth-order valence-corrected chi connectivity index (χ4v) is 5.25. The van der Waals surface area contributed by atoms with Crippen LogP contribution in [-0.4, -0.2) is 24.3 Å². The maximum atomic E-state index is 15.3. The van der Waals surface area contributed by atoms with Crippen molar-refractivity contribution in [3.05, 3.63) is 95.3 Å². The molecule has 0 aromatic heterocycles. The van der Waals surface area contributed by atoms with E-state index in [1.54, 1.807) is 13.0 Å². The van der Waals surface area contributed by atoms with Crippen molar-refractivity contribution >= 4 is 5.97 Å². The number of aliphatic hydroxyl groups excluding tert-OH is 1. The average Bonchev–Trinajstić information content (AvgIpc) is 2.92. The molecule has 37 heavy (non-hydrogen) atoms. The van der Waals surface area contributed by atoms with E-state index >= 15 is 4.39 Å². The van der Waals surface area contributed by atoms with Crippen molar-refractivity contribution in [2.75, 3.05) is 13.2 Å². The molecule has 0 heterocycles. The van der Waals surface area contributed by atoms with Gasteiger partial charge in [0.05, 0.1) is 6.61 Å². The molecule has 0 aliphatic heterocycles. The maximum Gasteiger partial charge on any atom is 0.333 e. The van der Waals surface area contributed by atoms with Crippen LogP contribution in [0.3, 0.4) is 0 Å². The number of aliphatic hydroxyl groups is 1. The Balaban J connectivity index is 1.57. The van der Waals surface area contributed by atoms with E-state index in [-0.39, 0.29) is 18.4 Å². The molecule has 0 unspecified atom stereocenters. The van der Waals surface area contributed by atoms with Crippen LogP contribution in [0.1, 0.15) is 68.1 Å². The van der Waals surface area contributed by atoms with Crippen molar-refractivity contribution in [3.63, 3.8) is 0 Å². The molecule has 4 rings (SSSR count). The van der Waals surface area contributed by atoms with Crippen LogP contribution in [-0.2, 0) is 22.4 Å². The van der Waals surface area contributed by atoms with Gasteiger partial charge in [-0.2, -0.15) is 0 Å².